The highest BCUT2D eigenvalue weighted by atomic mass is 35.5. The second-order valence-corrected chi connectivity index (χ2v) is 6.47. The van der Waals surface area contributed by atoms with Gasteiger partial charge in [-0.3, -0.25) is 0 Å². The molecule has 0 saturated heterocycles. The maximum absolute atomic E-state index is 12.2. The van der Waals surface area contributed by atoms with Gasteiger partial charge in [-0.2, -0.15) is 0 Å². The standard InChI is InChI=1S/C12H14ClN3O3S/c1-7-3-9(13)10(14)4-11(7)20(17,18)16-6-12-15-5-8(2)19-12/h3-5,16H,6,14H2,1-2H3. The highest BCUT2D eigenvalue weighted by Gasteiger charge is 2.19. The van der Waals surface area contributed by atoms with E-state index in [1.807, 2.05) is 0 Å². The number of halogens is 1. The van der Waals surface area contributed by atoms with Gasteiger partial charge in [-0.15, -0.1) is 0 Å². The summed E-state index contributed by atoms with van der Waals surface area (Å²) in [7, 11) is -3.71. The molecule has 2 rings (SSSR count). The molecule has 0 spiro atoms. The molecule has 1 aromatic heterocycles. The van der Waals surface area contributed by atoms with Crippen LogP contribution in [-0.2, 0) is 16.6 Å². The zero-order chi connectivity index (χ0) is 14.9. The number of aryl methyl sites for hydroxylation is 2. The molecule has 108 valence electrons. The van der Waals surface area contributed by atoms with Crippen LogP contribution in [0.5, 0.6) is 0 Å². The van der Waals surface area contributed by atoms with Crippen LogP contribution in [0.1, 0.15) is 17.2 Å². The van der Waals surface area contributed by atoms with Gasteiger partial charge in [-0.25, -0.2) is 18.1 Å². The van der Waals surface area contributed by atoms with Crippen molar-refractivity contribution >= 4 is 27.3 Å². The van der Waals surface area contributed by atoms with E-state index in [4.69, 9.17) is 21.8 Å². The van der Waals surface area contributed by atoms with E-state index in [1.165, 1.54) is 18.3 Å². The van der Waals surface area contributed by atoms with Crippen molar-refractivity contribution in [3.8, 4) is 0 Å². The molecule has 3 N–H and O–H groups in total. The molecule has 8 heteroatoms. The Morgan fingerprint density at radius 1 is 1.40 bits per heavy atom. The van der Waals surface area contributed by atoms with E-state index in [0.717, 1.165) is 0 Å². The van der Waals surface area contributed by atoms with Crippen LogP contribution in [0.3, 0.4) is 0 Å². The van der Waals surface area contributed by atoms with Crippen LogP contribution in [0.25, 0.3) is 0 Å². The fourth-order valence-corrected chi connectivity index (χ4v) is 3.13. The largest absolute Gasteiger partial charge is 0.445 e. The molecule has 2 aromatic rings. The Balaban J connectivity index is 2.24. The maximum Gasteiger partial charge on any atom is 0.241 e. The second kappa shape index (κ2) is 5.43. The minimum atomic E-state index is -3.71. The lowest BCUT2D eigenvalue weighted by Gasteiger charge is -2.10. The Morgan fingerprint density at radius 3 is 2.70 bits per heavy atom. The van der Waals surface area contributed by atoms with Gasteiger partial charge in [0.2, 0.25) is 15.9 Å². The number of nitrogens with one attached hydrogen (secondary N) is 1. The number of benzene rings is 1. The summed E-state index contributed by atoms with van der Waals surface area (Å²) >= 11 is 5.85. The third-order valence-corrected chi connectivity index (χ3v) is 4.54. The molecule has 0 radical (unpaired) electrons. The zero-order valence-electron chi connectivity index (χ0n) is 11.0. The van der Waals surface area contributed by atoms with E-state index in [-0.39, 0.29) is 17.1 Å². The molecule has 0 unspecified atom stereocenters. The van der Waals surface area contributed by atoms with Crippen molar-refractivity contribution in [2.45, 2.75) is 25.3 Å². The summed E-state index contributed by atoms with van der Waals surface area (Å²) < 4.78 is 32.0. The van der Waals surface area contributed by atoms with Crippen LogP contribution >= 0.6 is 11.6 Å². The quantitative estimate of drug-likeness (QED) is 0.841. The van der Waals surface area contributed by atoms with Crippen molar-refractivity contribution in [1.82, 2.24) is 9.71 Å². The minimum absolute atomic E-state index is 0.0296. The van der Waals surface area contributed by atoms with Crippen LogP contribution < -0.4 is 10.5 Å². The Bertz CT molecular complexity index is 740. The first kappa shape index (κ1) is 14.8. The third-order valence-electron chi connectivity index (χ3n) is 2.67. The summed E-state index contributed by atoms with van der Waals surface area (Å²) in [5.74, 6) is 0.914. The number of hydrogen-bond donors (Lipinski definition) is 2. The van der Waals surface area contributed by atoms with Crippen molar-refractivity contribution < 1.29 is 12.8 Å². The van der Waals surface area contributed by atoms with Crippen molar-refractivity contribution in [2.24, 2.45) is 0 Å². The molecule has 0 bridgehead atoms. The molecule has 0 atom stereocenters. The van der Waals surface area contributed by atoms with Gasteiger partial charge in [0, 0.05) is 0 Å². The molecule has 1 heterocycles. The van der Waals surface area contributed by atoms with Crippen molar-refractivity contribution in [1.29, 1.82) is 0 Å². The first-order chi connectivity index (χ1) is 9.29. The summed E-state index contributed by atoms with van der Waals surface area (Å²) in [5, 5.41) is 0.324. The number of aromatic nitrogens is 1. The van der Waals surface area contributed by atoms with E-state index in [0.29, 0.717) is 22.2 Å². The average molecular weight is 316 g/mol. The van der Waals surface area contributed by atoms with Crippen molar-refractivity contribution in [2.75, 3.05) is 5.73 Å². The van der Waals surface area contributed by atoms with Gasteiger partial charge in [0.25, 0.3) is 0 Å². The van der Waals surface area contributed by atoms with Gasteiger partial charge in [0.15, 0.2) is 0 Å². The summed E-state index contributed by atoms with van der Waals surface area (Å²) in [6.07, 6.45) is 1.52. The van der Waals surface area contributed by atoms with Crippen LogP contribution in [0, 0.1) is 13.8 Å². The molecule has 1 aromatic carbocycles. The van der Waals surface area contributed by atoms with Crippen molar-refractivity contribution in [3.05, 3.63) is 40.6 Å². The SMILES string of the molecule is Cc1cnc(CNS(=O)(=O)c2cc(N)c(Cl)cc2C)o1. The van der Waals surface area contributed by atoms with E-state index >= 15 is 0 Å². The van der Waals surface area contributed by atoms with Crippen LogP contribution in [0.15, 0.2) is 27.6 Å². The van der Waals surface area contributed by atoms with E-state index < -0.39 is 10.0 Å². The first-order valence-corrected chi connectivity index (χ1v) is 7.62. The Morgan fingerprint density at radius 2 is 2.10 bits per heavy atom. The summed E-state index contributed by atoms with van der Waals surface area (Å²) in [4.78, 5) is 4.01. The Hall–Kier alpha value is -1.57. The molecule has 0 saturated carbocycles. The molecule has 6 nitrogen and oxygen atoms in total. The first-order valence-electron chi connectivity index (χ1n) is 5.76. The lowest BCUT2D eigenvalue weighted by atomic mass is 10.2. The predicted octanol–water partition coefficient (Wildman–Crippen LogP) is 2.01. The highest BCUT2D eigenvalue weighted by molar-refractivity contribution is 7.89. The topological polar surface area (TPSA) is 98.2 Å². The average Bonchev–Trinajstić information content (AvgIpc) is 2.77. The molecular formula is C12H14ClN3O3S. The van der Waals surface area contributed by atoms with Gasteiger partial charge < -0.3 is 10.2 Å². The molecule has 0 aliphatic rings. The number of sulfonamides is 1. The van der Waals surface area contributed by atoms with E-state index in [2.05, 4.69) is 9.71 Å². The number of nitrogens with zero attached hydrogens (tertiary/aromatic N) is 1. The highest BCUT2D eigenvalue weighted by Crippen LogP contribution is 2.26. The van der Waals surface area contributed by atoms with Gasteiger partial charge in [0.05, 0.1) is 28.3 Å². The number of oxazole rings is 1. The number of nitrogen functional groups attached to an aromatic ring is 1. The van der Waals surface area contributed by atoms with Crippen LogP contribution in [0.4, 0.5) is 5.69 Å². The summed E-state index contributed by atoms with van der Waals surface area (Å²) in [5.41, 5.74) is 6.37. The van der Waals surface area contributed by atoms with Crippen LogP contribution in [0.2, 0.25) is 5.02 Å². The molecule has 0 amide bonds. The van der Waals surface area contributed by atoms with Gasteiger partial charge in [-0.1, -0.05) is 11.6 Å². The third kappa shape index (κ3) is 3.12. The number of rotatable bonds is 4. The summed E-state index contributed by atoms with van der Waals surface area (Å²) in [6.45, 7) is 3.35. The number of anilines is 1. The monoisotopic (exact) mass is 315 g/mol. The Kier molecular flexibility index (Phi) is 4.03. The molecule has 0 fully saturated rings. The molecule has 0 aliphatic heterocycles. The predicted molar refractivity (Wildman–Crippen MR) is 75.9 cm³/mol. The van der Waals surface area contributed by atoms with Gasteiger partial charge in [-0.05, 0) is 31.5 Å². The fourth-order valence-electron chi connectivity index (χ4n) is 1.68. The number of hydrogen-bond acceptors (Lipinski definition) is 5. The zero-order valence-corrected chi connectivity index (χ0v) is 12.5. The lowest BCUT2D eigenvalue weighted by Crippen LogP contribution is -2.24. The van der Waals surface area contributed by atoms with E-state index in [1.54, 1.807) is 13.8 Å². The van der Waals surface area contributed by atoms with E-state index in [9.17, 15) is 8.42 Å². The normalized spacial score (nSPS) is 11.8. The molecular weight excluding hydrogens is 302 g/mol. The molecule has 0 aliphatic carbocycles. The Labute approximate surface area is 122 Å². The van der Waals surface area contributed by atoms with Crippen LogP contribution in [-0.4, -0.2) is 13.4 Å². The second-order valence-electron chi connectivity index (χ2n) is 4.33. The lowest BCUT2D eigenvalue weighted by molar-refractivity contribution is 0.463. The van der Waals surface area contributed by atoms with Gasteiger partial charge in [0.1, 0.15) is 5.76 Å². The maximum atomic E-state index is 12.2. The fraction of sp³-hybridized carbons (Fsp3) is 0.250. The minimum Gasteiger partial charge on any atom is -0.445 e. The van der Waals surface area contributed by atoms with Crippen molar-refractivity contribution in [3.63, 3.8) is 0 Å². The van der Waals surface area contributed by atoms with Gasteiger partial charge >= 0.3 is 0 Å². The summed E-state index contributed by atoms with van der Waals surface area (Å²) in [6, 6.07) is 2.85. The number of nitrogens with two attached hydrogens (primary N) is 1. The smallest absolute Gasteiger partial charge is 0.241 e. The molecule has 20 heavy (non-hydrogen) atoms.